The summed E-state index contributed by atoms with van der Waals surface area (Å²) in [5.41, 5.74) is 0. The number of aromatic nitrogens is 2. The van der Waals surface area contributed by atoms with Gasteiger partial charge in [0, 0.05) is 31.2 Å². The van der Waals surface area contributed by atoms with Gasteiger partial charge in [-0.2, -0.15) is 0 Å². The molecule has 0 saturated heterocycles. The molecule has 1 heterocycles. The summed E-state index contributed by atoms with van der Waals surface area (Å²) in [5.74, 6) is 1.51. The molecule has 1 fully saturated rings. The van der Waals surface area contributed by atoms with Gasteiger partial charge < -0.3 is 0 Å². The maximum Gasteiger partial charge on any atom is 0.136 e. The number of aryl methyl sites for hydroxylation is 1. The van der Waals surface area contributed by atoms with Crippen LogP contribution >= 0.6 is 0 Å². The van der Waals surface area contributed by atoms with E-state index in [9.17, 15) is 4.79 Å². The van der Waals surface area contributed by atoms with Gasteiger partial charge in [0.25, 0.3) is 0 Å². The third kappa shape index (κ3) is 2.85. The number of carbonyl (C=O) groups is 1. The number of Topliss-reactive ketones (excluding diaryl/α,β-unsaturated/α-hetero) is 1. The quantitative estimate of drug-likeness (QED) is 0.754. The van der Waals surface area contributed by atoms with Crippen LogP contribution in [0.3, 0.4) is 0 Å². The first-order valence-corrected chi connectivity index (χ1v) is 5.65. The van der Waals surface area contributed by atoms with Gasteiger partial charge in [0.05, 0.1) is 0 Å². The summed E-state index contributed by atoms with van der Waals surface area (Å²) in [7, 11) is 0. The van der Waals surface area contributed by atoms with Crippen LogP contribution in [0.1, 0.15) is 37.9 Å². The van der Waals surface area contributed by atoms with E-state index in [1.54, 1.807) is 18.5 Å². The molecular weight excluding hydrogens is 188 g/mol. The van der Waals surface area contributed by atoms with Gasteiger partial charge in [0.15, 0.2) is 0 Å². The van der Waals surface area contributed by atoms with Crippen molar-refractivity contribution in [3.8, 4) is 0 Å². The van der Waals surface area contributed by atoms with Crippen LogP contribution in [0, 0.1) is 5.92 Å². The third-order valence-corrected chi connectivity index (χ3v) is 3.02. The van der Waals surface area contributed by atoms with Gasteiger partial charge in [-0.1, -0.05) is 12.8 Å². The van der Waals surface area contributed by atoms with Gasteiger partial charge in [-0.25, -0.2) is 9.97 Å². The summed E-state index contributed by atoms with van der Waals surface area (Å²) in [6.07, 6.45) is 9.37. The predicted molar refractivity (Wildman–Crippen MR) is 57.3 cm³/mol. The topological polar surface area (TPSA) is 42.9 Å². The van der Waals surface area contributed by atoms with E-state index in [1.807, 2.05) is 0 Å². The zero-order valence-electron chi connectivity index (χ0n) is 8.85. The molecule has 0 radical (unpaired) electrons. The smallest absolute Gasteiger partial charge is 0.136 e. The first kappa shape index (κ1) is 10.3. The molecule has 1 aliphatic rings. The average molecular weight is 204 g/mol. The Labute approximate surface area is 89.9 Å². The van der Waals surface area contributed by atoms with Gasteiger partial charge in [0.2, 0.25) is 0 Å². The van der Waals surface area contributed by atoms with Crippen LogP contribution in [0.4, 0.5) is 0 Å². The molecular formula is C12H16N2O. The molecule has 0 spiro atoms. The van der Waals surface area contributed by atoms with E-state index in [0.29, 0.717) is 24.5 Å². The van der Waals surface area contributed by atoms with E-state index in [0.717, 1.165) is 18.7 Å². The van der Waals surface area contributed by atoms with Crippen LogP contribution in [0.5, 0.6) is 0 Å². The highest BCUT2D eigenvalue weighted by Gasteiger charge is 2.22. The summed E-state index contributed by atoms with van der Waals surface area (Å²) in [6, 6.07) is 1.79. The van der Waals surface area contributed by atoms with Crippen molar-refractivity contribution in [2.75, 3.05) is 0 Å². The predicted octanol–water partition coefficient (Wildman–Crippen LogP) is 2.17. The molecule has 0 amide bonds. The highest BCUT2D eigenvalue weighted by atomic mass is 16.1. The fourth-order valence-electron chi connectivity index (χ4n) is 2.15. The summed E-state index contributed by atoms with van der Waals surface area (Å²) >= 11 is 0. The average Bonchev–Trinajstić information content (AvgIpc) is 2.81. The first-order valence-electron chi connectivity index (χ1n) is 5.65. The minimum Gasteiger partial charge on any atom is -0.299 e. The summed E-state index contributed by atoms with van der Waals surface area (Å²) in [5, 5.41) is 0. The molecule has 15 heavy (non-hydrogen) atoms. The standard InChI is InChI=1S/C12H16N2O/c15-11(10-4-1-2-5-10)6-7-12-13-8-3-9-14-12/h3,8-10H,1-2,4-7H2. The lowest BCUT2D eigenvalue weighted by molar-refractivity contribution is -0.122. The molecule has 3 nitrogen and oxygen atoms in total. The van der Waals surface area contributed by atoms with Crippen LogP contribution < -0.4 is 0 Å². The van der Waals surface area contributed by atoms with E-state index in [4.69, 9.17) is 0 Å². The fraction of sp³-hybridized carbons (Fsp3) is 0.583. The van der Waals surface area contributed by atoms with Crippen molar-refractivity contribution in [3.63, 3.8) is 0 Å². The summed E-state index contributed by atoms with van der Waals surface area (Å²) in [6.45, 7) is 0. The van der Waals surface area contributed by atoms with Crippen LogP contribution in [-0.2, 0) is 11.2 Å². The Balaban J connectivity index is 1.80. The Kier molecular flexibility index (Phi) is 3.43. The van der Waals surface area contributed by atoms with Crippen LogP contribution in [0.15, 0.2) is 18.5 Å². The molecule has 0 aromatic carbocycles. The Bertz CT molecular complexity index is 318. The Morgan fingerprint density at radius 2 is 1.93 bits per heavy atom. The SMILES string of the molecule is O=C(CCc1ncccn1)C1CCCC1. The third-order valence-electron chi connectivity index (χ3n) is 3.02. The van der Waals surface area contributed by atoms with Crippen molar-refractivity contribution < 1.29 is 4.79 Å². The lowest BCUT2D eigenvalue weighted by Gasteiger charge is -2.06. The molecule has 0 atom stereocenters. The van der Waals surface area contributed by atoms with Crippen molar-refractivity contribution in [3.05, 3.63) is 24.3 Å². The normalized spacial score (nSPS) is 16.8. The molecule has 0 aliphatic heterocycles. The Morgan fingerprint density at radius 3 is 2.60 bits per heavy atom. The monoisotopic (exact) mass is 204 g/mol. The largest absolute Gasteiger partial charge is 0.299 e. The zero-order chi connectivity index (χ0) is 10.5. The van der Waals surface area contributed by atoms with E-state index in [1.165, 1.54) is 12.8 Å². The van der Waals surface area contributed by atoms with Crippen molar-refractivity contribution in [2.24, 2.45) is 5.92 Å². The molecule has 3 heteroatoms. The number of carbonyl (C=O) groups excluding carboxylic acids is 1. The Morgan fingerprint density at radius 1 is 1.27 bits per heavy atom. The van der Waals surface area contributed by atoms with Crippen molar-refractivity contribution >= 4 is 5.78 Å². The minimum atomic E-state index is 0.328. The molecule has 1 aliphatic carbocycles. The number of rotatable bonds is 4. The fourth-order valence-corrected chi connectivity index (χ4v) is 2.15. The molecule has 1 saturated carbocycles. The van der Waals surface area contributed by atoms with Gasteiger partial charge in [-0.15, -0.1) is 0 Å². The first-order chi connectivity index (χ1) is 7.36. The lowest BCUT2D eigenvalue weighted by Crippen LogP contribution is -2.12. The van der Waals surface area contributed by atoms with Gasteiger partial charge in [0.1, 0.15) is 11.6 Å². The maximum atomic E-state index is 11.8. The van der Waals surface area contributed by atoms with E-state index in [-0.39, 0.29) is 0 Å². The van der Waals surface area contributed by atoms with Crippen molar-refractivity contribution in [2.45, 2.75) is 38.5 Å². The molecule has 1 aromatic rings. The number of hydrogen-bond donors (Lipinski definition) is 0. The second kappa shape index (κ2) is 5.01. The number of nitrogens with zero attached hydrogens (tertiary/aromatic N) is 2. The number of hydrogen-bond acceptors (Lipinski definition) is 3. The van der Waals surface area contributed by atoms with Crippen molar-refractivity contribution in [1.29, 1.82) is 0 Å². The molecule has 80 valence electrons. The van der Waals surface area contributed by atoms with Gasteiger partial charge >= 0.3 is 0 Å². The second-order valence-electron chi connectivity index (χ2n) is 4.11. The van der Waals surface area contributed by atoms with Crippen molar-refractivity contribution in [1.82, 2.24) is 9.97 Å². The maximum absolute atomic E-state index is 11.8. The van der Waals surface area contributed by atoms with Crippen LogP contribution in [-0.4, -0.2) is 15.8 Å². The van der Waals surface area contributed by atoms with E-state index in [2.05, 4.69) is 9.97 Å². The summed E-state index contributed by atoms with van der Waals surface area (Å²) in [4.78, 5) is 20.0. The second-order valence-corrected chi connectivity index (χ2v) is 4.11. The molecule has 0 N–H and O–H groups in total. The summed E-state index contributed by atoms with van der Waals surface area (Å²) < 4.78 is 0. The van der Waals surface area contributed by atoms with E-state index >= 15 is 0 Å². The molecule has 2 rings (SSSR count). The zero-order valence-corrected chi connectivity index (χ0v) is 8.85. The van der Waals surface area contributed by atoms with Crippen LogP contribution in [0.2, 0.25) is 0 Å². The van der Waals surface area contributed by atoms with Crippen LogP contribution in [0.25, 0.3) is 0 Å². The van der Waals surface area contributed by atoms with Gasteiger partial charge in [-0.3, -0.25) is 4.79 Å². The van der Waals surface area contributed by atoms with Gasteiger partial charge in [-0.05, 0) is 18.9 Å². The molecule has 0 bridgehead atoms. The Hall–Kier alpha value is -1.25. The molecule has 1 aromatic heterocycles. The molecule has 0 unspecified atom stereocenters. The lowest BCUT2D eigenvalue weighted by atomic mass is 9.99. The minimum absolute atomic E-state index is 0.328. The van der Waals surface area contributed by atoms with E-state index < -0.39 is 0 Å². The highest BCUT2D eigenvalue weighted by molar-refractivity contribution is 5.81. The number of ketones is 1. The highest BCUT2D eigenvalue weighted by Crippen LogP contribution is 2.26.